The lowest BCUT2D eigenvalue weighted by Gasteiger charge is -2.33. The largest absolute Gasteiger partial charge is 0.326 e. The average Bonchev–Trinajstić information content (AvgIpc) is 3.56. The Bertz CT molecular complexity index is 1330. The van der Waals surface area contributed by atoms with Crippen LogP contribution in [0.2, 0.25) is 10.0 Å². The van der Waals surface area contributed by atoms with E-state index in [1.54, 1.807) is 30.6 Å². The molecule has 1 aliphatic heterocycles. The molecule has 1 atom stereocenters. The number of rotatable bonds is 4. The SMILES string of the molecule is Cc1c(Cl)cccc1-c1n[nH]c([C@]2(C)CCCN2C(=O)c2ccc(Cl)cc2-n2nccn2)n1. The first kappa shape index (κ1) is 21.6. The lowest BCUT2D eigenvalue weighted by molar-refractivity contribution is 0.0604. The quantitative estimate of drug-likeness (QED) is 0.450. The third kappa shape index (κ3) is 3.69. The van der Waals surface area contributed by atoms with Gasteiger partial charge in [0.25, 0.3) is 5.91 Å². The van der Waals surface area contributed by atoms with E-state index >= 15 is 0 Å². The van der Waals surface area contributed by atoms with E-state index in [0.29, 0.717) is 39.5 Å². The maximum atomic E-state index is 13.8. The normalized spacial score (nSPS) is 18.1. The fourth-order valence-electron chi connectivity index (χ4n) is 4.34. The van der Waals surface area contributed by atoms with Gasteiger partial charge in [-0.1, -0.05) is 35.3 Å². The number of aromatic amines is 1. The minimum absolute atomic E-state index is 0.143. The molecule has 33 heavy (non-hydrogen) atoms. The van der Waals surface area contributed by atoms with Crippen LogP contribution in [-0.2, 0) is 5.54 Å². The number of nitrogens with zero attached hydrogens (tertiary/aromatic N) is 6. The Morgan fingerprint density at radius 2 is 1.94 bits per heavy atom. The predicted octanol–water partition coefficient (Wildman–Crippen LogP) is 4.82. The van der Waals surface area contributed by atoms with E-state index in [9.17, 15) is 4.79 Å². The van der Waals surface area contributed by atoms with Crippen molar-refractivity contribution < 1.29 is 4.79 Å². The van der Waals surface area contributed by atoms with Crippen LogP contribution in [0.3, 0.4) is 0 Å². The number of carbonyl (C=O) groups is 1. The first-order valence-corrected chi connectivity index (χ1v) is 11.3. The van der Waals surface area contributed by atoms with E-state index in [1.807, 2.05) is 36.9 Å². The molecular weight excluding hydrogens is 461 g/mol. The fourth-order valence-corrected chi connectivity index (χ4v) is 4.69. The molecule has 0 saturated carbocycles. The molecule has 0 spiro atoms. The maximum Gasteiger partial charge on any atom is 0.256 e. The van der Waals surface area contributed by atoms with Crippen LogP contribution in [0, 0.1) is 6.92 Å². The van der Waals surface area contributed by atoms with Gasteiger partial charge in [-0.2, -0.15) is 20.1 Å². The van der Waals surface area contributed by atoms with Gasteiger partial charge in [-0.25, -0.2) is 4.98 Å². The number of hydrogen-bond donors (Lipinski definition) is 1. The molecule has 0 radical (unpaired) electrons. The van der Waals surface area contributed by atoms with Crippen LogP contribution >= 0.6 is 23.2 Å². The smallest absolute Gasteiger partial charge is 0.256 e. The molecule has 3 heterocycles. The van der Waals surface area contributed by atoms with E-state index in [0.717, 1.165) is 24.0 Å². The number of nitrogens with one attached hydrogen (secondary N) is 1. The molecule has 8 nitrogen and oxygen atoms in total. The summed E-state index contributed by atoms with van der Waals surface area (Å²) in [4.78, 5) is 21.8. The predicted molar refractivity (Wildman–Crippen MR) is 126 cm³/mol. The van der Waals surface area contributed by atoms with Crippen LogP contribution in [0.25, 0.3) is 17.1 Å². The number of carbonyl (C=O) groups excluding carboxylic acids is 1. The van der Waals surface area contributed by atoms with Crippen LogP contribution in [0.15, 0.2) is 48.8 Å². The summed E-state index contributed by atoms with van der Waals surface area (Å²) in [5.74, 6) is 1.05. The van der Waals surface area contributed by atoms with Crippen molar-refractivity contribution in [3.8, 4) is 17.1 Å². The van der Waals surface area contributed by atoms with Gasteiger partial charge < -0.3 is 4.90 Å². The lowest BCUT2D eigenvalue weighted by Crippen LogP contribution is -2.44. The zero-order valence-corrected chi connectivity index (χ0v) is 19.6. The molecule has 1 saturated heterocycles. The summed E-state index contributed by atoms with van der Waals surface area (Å²) < 4.78 is 0. The van der Waals surface area contributed by atoms with Crippen molar-refractivity contribution >= 4 is 29.1 Å². The Morgan fingerprint density at radius 3 is 2.73 bits per heavy atom. The monoisotopic (exact) mass is 481 g/mol. The third-order valence-corrected chi connectivity index (χ3v) is 6.86. The van der Waals surface area contributed by atoms with E-state index < -0.39 is 5.54 Å². The molecule has 4 aromatic rings. The molecule has 1 amide bonds. The highest BCUT2D eigenvalue weighted by atomic mass is 35.5. The van der Waals surface area contributed by atoms with Crippen molar-refractivity contribution in [3.63, 3.8) is 0 Å². The Labute approximate surface area is 200 Å². The maximum absolute atomic E-state index is 13.8. The highest BCUT2D eigenvalue weighted by molar-refractivity contribution is 6.31. The van der Waals surface area contributed by atoms with Gasteiger partial charge in [-0.15, -0.1) is 0 Å². The van der Waals surface area contributed by atoms with Gasteiger partial charge in [0.15, 0.2) is 11.6 Å². The second-order valence-corrected chi connectivity index (χ2v) is 9.08. The standard InChI is InChI=1S/C23H21Cl2N7O/c1-14-16(5-3-6-18(14)25)20-28-22(30-29-20)23(2)9-4-12-31(23)21(33)17-8-7-15(24)13-19(17)32-26-10-11-27-32/h3,5-8,10-11,13H,4,9,12H2,1-2H3,(H,28,29,30)/t23-/m0/s1. The molecule has 2 aromatic heterocycles. The van der Waals surface area contributed by atoms with E-state index in [1.165, 1.54) is 4.80 Å². The molecule has 0 aliphatic carbocycles. The number of benzene rings is 2. The Balaban J connectivity index is 1.52. The average molecular weight is 482 g/mol. The Kier molecular flexibility index (Phi) is 5.42. The lowest BCUT2D eigenvalue weighted by atomic mass is 9.97. The second kappa shape index (κ2) is 8.28. The first-order valence-electron chi connectivity index (χ1n) is 10.5. The van der Waals surface area contributed by atoms with Crippen LogP contribution in [0.5, 0.6) is 0 Å². The third-order valence-electron chi connectivity index (χ3n) is 6.21. The molecule has 2 aromatic carbocycles. The number of aromatic nitrogens is 6. The zero-order chi connectivity index (χ0) is 23.2. The summed E-state index contributed by atoms with van der Waals surface area (Å²) in [5, 5.41) is 17.0. The van der Waals surface area contributed by atoms with Crippen molar-refractivity contribution in [1.82, 2.24) is 35.1 Å². The van der Waals surface area contributed by atoms with Crippen molar-refractivity contribution in [1.29, 1.82) is 0 Å². The van der Waals surface area contributed by atoms with Crippen molar-refractivity contribution in [2.75, 3.05) is 6.54 Å². The molecule has 1 N–H and O–H groups in total. The minimum atomic E-state index is -0.650. The topological polar surface area (TPSA) is 92.6 Å². The molecular formula is C23H21Cl2N7O. The van der Waals surface area contributed by atoms with Gasteiger partial charge in [-0.05, 0) is 56.5 Å². The Morgan fingerprint density at radius 1 is 1.15 bits per heavy atom. The number of amides is 1. The van der Waals surface area contributed by atoms with E-state index in [2.05, 4.69) is 20.4 Å². The summed E-state index contributed by atoms with van der Waals surface area (Å²) in [7, 11) is 0. The summed E-state index contributed by atoms with van der Waals surface area (Å²) in [6.07, 6.45) is 4.72. The van der Waals surface area contributed by atoms with Gasteiger partial charge in [0.05, 0.1) is 29.2 Å². The van der Waals surface area contributed by atoms with E-state index in [-0.39, 0.29) is 5.91 Å². The summed E-state index contributed by atoms with van der Waals surface area (Å²) in [6.45, 7) is 4.54. The zero-order valence-electron chi connectivity index (χ0n) is 18.1. The van der Waals surface area contributed by atoms with Crippen LogP contribution < -0.4 is 0 Å². The molecule has 1 aliphatic rings. The molecule has 168 valence electrons. The van der Waals surface area contributed by atoms with Gasteiger partial charge in [0, 0.05) is 22.2 Å². The van der Waals surface area contributed by atoms with Gasteiger partial charge in [0.1, 0.15) is 0 Å². The van der Waals surface area contributed by atoms with Crippen LogP contribution in [0.1, 0.15) is 41.5 Å². The highest BCUT2D eigenvalue weighted by Gasteiger charge is 2.44. The molecule has 5 rings (SSSR count). The first-order chi connectivity index (χ1) is 15.9. The number of H-pyrrole nitrogens is 1. The van der Waals surface area contributed by atoms with Crippen molar-refractivity contribution in [2.24, 2.45) is 0 Å². The van der Waals surface area contributed by atoms with Gasteiger partial charge in [-0.3, -0.25) is 9.89 Å². The molecule has 10 heteroatoms. The summed E-state index contributed by atoms with van der Waals surface area (Å²) in [6, 6.07) is 10.7. The molecule has 0 bridgehead atoms. The van der Waals surface area contributed by atoms with Crippen molar-refractivity contribution in [3.05, 3.63) is 75.8 Å². The minimum Gasteiger partial charge on any atom is -0.326 e. The summed E-state index contributed by atoms with van der Waals surface area (Å²) in [5.41, 5.74) is 2.11. The number of likely N-dealkylation sites (tertiary alicyclic amines) is 1. The van der Waals surface area contributed by atoms with Gasteiger partial charge >= 0.3 is 0 Å². The highest BCUT2D eigenvalue weighted by Crippen LogP contribution is 2.39. The number of hydrogen-bond acceptors (Lipinski definition) is 5. The van der Waals surface area contributed by atoms with Crippen LogP contribution in [0.4, 0.5) is 0 Å². The van der Waals surface area contributed by atoms with E-state index in [4.69, 9.17) is 28.2 Å². The number of halogens is 2. The molecule has 1 fully saturated rings. The second-order valence-electron chi connectivity index (χ2n) is 8.23. The van der Waals surface area contributed by atoms with Crippen molar-refractivity contribution in [2.45, 2.75) is 32.2 Å². The van der Waals surface area contributed by atoms with Gasteiger partial charge in [0.2, 0.25) is 0 Å². The molecule has 0 unspecified atom stereocenters. The summed E-state index contributed by atoms with van der Waals surface area (Å²) >= 11 is 12.5. The Hall–Kier alpha value is -3.23. The fraction of sp³-hybridized carbons (Fsp3) is 0.261. The van der Waals surface area contributed by atoms with Crippen LogP contribution in [-0.4, -0.2) is 47.5 Å².